The molecule has 1 aliphatic rings. The van der Waals surface area contributed by atoms with Gasteiger partial charge >= 0.3 is 0 Å². The molecule has 28 heavy (non-hydrogen) atoms. The molecule has 0 aliphatic carbocycles. The van der Waals surface area contributed by atoms with Gasteiger partial charge in [0.15, 0.2) is 11.5 Å². The van der Waals surface area contributed by atoms with Gasteiger partial charge in [0.1, 0.15) is 5.82 Å². The van der Waals surface area contributed by atoms with Gasteiger partial charge in [0.2, 0.25) is 0 Å². The topological polar surface area (TPSA) is 48.3 Å². The van der Waals surface area contributed by atoms with Gasteiger partial charge in [-0.15, -0.1) is 0 Å². The van der Waals surface area contributed by atoms with E-state index >= 15 is 0 Å². The van der Waals surface area contributed by atoms with Gasteiger partial charge in [0, 0.05) is 17.7 Å². The first-order valence-electron chi connectivity index (χ1n) is 9.78. The number of hydrogen-bond acceptors (Lipinski definition) is 4. The number of anilines is 1. The molecule has 1 aliphatic heterocycles. The van der Waals surface area contributed by atoms with Crippen molar-refractivity contribution in [3.05, 3.63) is 53.1 Å². The molecule has 5 heteroatoms. The Labute approximate surface area is 166 Å². The maximum absolute atomic E-state index is 5.52. The fourth-order valence-corrected chi connectivity index (χ4v) is 3.86. The molecule has 0 amide bonds. The average molecular weight is 377 g/mol. The van der Waals surface area contributed by atoms with E-state index in [2.05, 4.69) is 48.1 Å². The molecule has 2 heterocycles. The zero-order valence-electron chi connectivity index (χ0n) is 17.0. The molecule has 1 N–H and O–H groups in total. The maximum atomic E-state index is 5.52. The highest BCUT2D eigenvalue weighted by Gasteiger charge is 2.23. The van der Waals surface area contributed by atoms with Crippen molar-refractivity contribution in [2.75, 3.05) is 26.1 Å². The lowest BCUT2D eigenvalue weighted by atomic mass is 10.0. The van der Waals surface area contributed by atoms with E-state index in [1.165, 1.54) is 16.7 Å². The van der Waals surface area contributed by atoms with Gasteiger partial charge in [-0.25, -0.2) is 4.68 Å². The van der Waals surface area contributed by atoms with Crippen LogP contribution in [0, 0.1) is 13.8 Å². The van der Waals surface area contributed by atoms with Crippen LogP contribution in [0.4, 0.5) is 5.82 Å². The number of rotatable bonds is 4. The van der Waals surface area contributed by atoms with Crippen molar-refractivity contribution in [1.82, 2.24) is 9.78 Å². The van der Waals surface area contributed by atoms with E-state index in [1.54, 1.807) is 14.2 Å². The third kappa shape index (κ3) is 3.11. The number of benzene rings is 2. The minimum atomic E-state index is 0.719. The molecule has 0 unspecified atom stereocenters. The highest BCUT2D eigenvalue weighted by Crippen LogP contribution is 2.38. The maximum Gasteiger partial charge on any atom is 0.161 e. The molecular weight excluding hydrogens is 350 g/mol. The number of fused-ring (bicyclic) bond motifs is 1. The van der Waals surface area contributed by atoms with Gasteiger partial charge in [0.25, 0.3) is 0 Å². The van der Waals surface area contributed by atoms with Gasteiger partial charge < -0.3 is 14.8 Å². The smallest absolute Gasteiger partial charge is 0.161 e. The van der Waals surface area contributed by atoms with E-state index in [-0.39, 0.29) is 0 Å². The second-order valence-corrected chi connectivity index (χ2v) is 7.26. The minimum Gasteiger partial charge on any atom is -0.493 e. The number of aromatic nitrogens is 2. The number of nitrogens with one attached hydrogen (secondary N) is 1. The number of ether oxygens (including phenoxy) is 2. The van der Waals surface area contributed by atoms with Crippen LogP contribution in [0.25, 0.3) is 16.9 Å². The van der Waals surface area contributed by atoms with E-state index in [1.807, 2.05) is 12.1 Å². The van der Waals surface area contributed by atoms with Crippen LogP contribution in [0.15, 0.2) is 36.4 Å². The van der Waals surface area contributed by atoms with Gasteiger partial charge in [-0.1, -0.05) is 12.1 Å². The van der Waals surface area contributed by atoms with Crippen LogP contribution in [-0.2, 0) is 6.42 Å². The largest absolute Gasteiger partial charge is 0.493 e. The first-order valence-corrected chi connectivity index (χ1v) is 9.78. The summed E-state index contributed by atoms with van der Waals surface area (Å²) in [5.41, 5.74) is 6.96. The summed E-state index contributed by atoms with van der Waals surface area (Å²) >= 11 is 0. The van der Waals surface area contributed by atoms with Crippen LogP contribution >= 0.6 is 0 Å². The van der Waals surface area contributed by atoms with Gasteiger partial charge in [-0.2, -0.15) is 5.10 Å². The van der Waals surface area contributed by atoms with E-state index < -0.39 is 0 Å². The normalized spacial score (nSPS) is 13.4. The lowest BCUT2D eigenvalue weighted by Gasteiger charge is -2.13. The molecule has 0 radical (unpaired) electrons. The van der Waals surface area contributed by atoms with Crippen LogP contribution in [-0.4, -0.2) is 30.5 Å². The highest BCUT2D eigenvalue weighted by atomic mass is 16.5. The first kappa shape index (κ1) is 18.4. The first-order chi connectivity index (χ1) is 13.6. The highest BCUT2D eigenvalue weighted by molar-refractivity contribution is 5.73. The van der Waals surface area contributed by atoms with Gasteiger partial charge in [0.05, 0.1) is 25.6 Å². The predicted molar refractivity (Wildman–Crippen MR) is 113 cm³/mol. The molecule has 0 saturated heterocycles. The molecule has 4 rings (SSSR count). The number of hydrogen-bond donors (Lipinski definition) is 1. The fourth-order valence-electron chi connectivity index (χ4n) is 3.86. The Balaban J connectivity index is 1.92. The third-order valence-electron chi connectivity index (χ3n) is 5.59. The number of methoxy groups -OCH3 is 2. The second kappa shape index (κ2) is 7.58. The second-order valence-electron chi connectivity index (χ2n) is 7.26. The lowest BCUT2D eigenvalue weighted by molar-refractivity contribution is 0.355. The fraction of sp³-hybridized carbons (Fsp3) is 0.348. The Morgan fingerprint density at radius 3 is 2.61 bits per heavy atom. The minimum absolute atomic E-state index is 0.719. The summed E-state index contributed by atoms with van der Waals surface area (Å²) in [7, 11) is 3.32. The Morgan fingerprint density at radius 2 is 1.82 bits per heavy atom. The van der Waals surface area contributed by atoms with Crippen molar-refractivity contribution < 1.29 is 9.47 Å². The predicted octanol–water partition coefficient (Wildman–Crippen LogP) is 4.92. The number of nitrogens with zero attached hydrogens (tertiary/aromatic N) is 2. The summed E-state index contributed by atoms with van der Waals surface area (Å²) in [6.45, 7) is 5.27. The van der Waals surface area contributed by atoms with E-state index in [9.17, 15) is 0 Å². The van der Waals surface area contributed by atoms with Crippen molar-refractivity contribution in [1.29, 1.82) is 0 Å². The quantitative estimate of drug-likeness (QED) is 0.701. The van der Waals surface area contributed by atoms with E-state index in [4.69, 9.17) is 14.6 Å². The number of aryl methyl sites for hydroxylation is 1. The van der Waals surface area contributed by atoms with Crippen molar-refractivity contribution >= 4 is 5.82 Å². The summed E-state index contributed by atoms with van der Waals surface area (Å²) in [6, 6.07) is 12.4. The summed E-state index contributed by atoms with van der Waals surface area (Å²) < 4.78 is 13.0. The van der Waals surface area contributed by atoms with Crippen LogP contribution < -0.4 is 14.8 Å². The summed E-state index contributed by atoms with van der Waals surface area (Å²) in [5.74, 6) is 2.55. The van der Waals surface area contributed by atoms with Crippen LogP contribution in [0.3, 0.4) is 0 Å². The summed E-state index contributed by atoms with van der Waals surface area (Å²) in [4.78, 5) is 0. The zero-order valence-corrected chi connectivity index (χ0v) is 17.0. The molecular formula is C23H27N3O2. The SMILES string of the molecule is COc1ccc(-c2nn(-c3cccc(C)c3C)c3c2CCCCN3)cc1OC. The summed E-state index contributed by atoms with van der Waals surface area (Å²) in [5, 5.41) is 8.69. The van der Waals surface area contributed by atoms with Crippen molar-refractivity contribution in [3.63, 3.8) is 0 Å². The average Bonchev–Trinajstić information content (AvgIpc) is 2.90. The monoisotopic (exact) mass is 377 g/mol. The van der Waals surface area contributed by atoms with Crippen LogP contribution in [0.2, 0.25) is 0 Å². The van der Waals surface area contributed by atoms with Crippen molar-refractivity contribution in [2.24, 2.45) is 0 Å². The standard InChI is InChI=1S/C23H27N3O2/c1-15-8-7-10-19(16(15)2)26-23-18(9-5-6-13-24-23)22(25-26)17-11-12-20(27-3)21(14-17)28-4/h7-8,10-12,14,24H,5-6,9,13H2,1-4H3. The molecule has 1 aromatic heterocycles. The molecule has 0 atom stereocenters. The van der Waals surface area contributed by atoms with Crippen molar-refractivity contribution in [3.8, 4) is 28.4 Å². The van der Waals surface area contributed by atoms with Crippen molar-refractivity contribution in [2.45, 2.75) is 33.1 Å². The zero-order chi connectivity index (χ0) is 19.7. The molecule has 3 aromatic rings. The Morgan fingerprint density at radius 1 is 1.00 bits per heavy atom. The Kier molecular flexibility index (Phi) is 4.99. The van der Waals surface area contributed by atoms with Gasteiger partial charge in [-0.05, 0) is 68.5 Å². The Bertz CT molecular complexity index is 1010. The third-order valence-corrected chi connectivity index (χ3v) is 5.59. The molecule has 0 saturated carbocycles. The molecule has 5 nitrogen and oxygen atoms in total. The Hall–Kier alpha value is -2.95. The van der Waals surface area contributed by atoms with Gasteiger partial charge in [-0.3, -0.25) is 0 Å². The van der Waals surface area contributed by atoms with E-state index in [0.717, 1.165) is 60.1 Å². The molecule has 0 fully saturated rings. The van der Waals surface area contributed by atoms with Crippen LogP contribution in [0.1, 0.15) is 29.5 Å². The molecule has 146 valence electrons. The molecule has 0 bridgehead atoms. The summed E-state index contributed by atoms with van der Waals surface area (Å²) in [6.07, 6.45) is 3.32. The lowest BCUT2D eigenvalue weighted by Crippen LogP contribution is -2.08. The van der Waals surface area contributed by atoms with Crippen LogP contribution in [0.5, 0.6) is 11.5 Å². The van der Waals surface area contributed by atoms with E-state index in [0.29, 0.717) is 0 Å². The molecule has 2 aromatic carbocycles. The molecule has 0 spiro atoms.